The second-order valence-corrected chi connectivity index (χ2v) is 5.95. The van der Waals surface area contributed by atoms with Crippen LogP contribution in [0, 0.1) is 0 Å². The van der Waals surface area contributed by atoms with Crippen LogP contribution in [-0.2, 0) is 4.79 Å². The molecular formula is C19H21N3O3. The molecular weight excluding hydrogens is 318 g/mol. The number of hydrogen-bond acceptors (Lipinski definition) is 4. The van der Waals surface area contributed by atoms with E-state index in [4.69, 9.17) is 4.74 Å². The van der Waals surface area contributed by atoms with Crippen LogP contribution in [0.25, 0.3) is 0 Å². The van der Waals surface area contributed by atoms with E-state index in [1.54, 1.807) is 31.2 Å². The Labute approximate surface area is 146 Å². The molecule has 1 saturated heterocycles. The Hall–Kier alpha value is -3.02. The monoisotopic (exact) mass is 339 g/mol. The number of anilines is 2. The van der Waals surface area contributed by atoms with E-state index in [-0.39, 0.29) is 11.8 Å². The molecule has 1 atom stereocenters. The number of nitrogens with zero attached hydrogens (tertiary/aromatic N) is 1. The summed E-state index contributed by atoms with van der Waals surface area (Å²) in [6, 6.07) is 14.2. The molecule has 25 heavy (non-hydrogen) atoms. The molecule has 1 heterocycles. The largest absolute Gasteiger partial charge is 0.495 e. The van der Waals surface area contributed by atoms with Crippen molar-refractivity contribution in [3.8, 4) is 5.75 Å². The topological polar surface area (TPSA) is 70.7 Å². The van der Waals surface area contributed by atoms with Crippen LogP contribution in [0.5, 0.6) is 5.75 Å². The molecule has 0 aliphatic carbocycles. The van der Waals surface area contributed by atoms with Crippen LogP contribution in [0.3, 0.4) is 0 Å². The van der Waals surface area contributed by atoms with E-state index in [1.165, 1.54) is 0 Å². The summed E-state index contributed by atoms with van der Waals surface area (Å²) in [7, 11) is 3.34. The number of rotatable bonds is 5. The summed E-state index contributed by atoms with van der Waals surface area (Å²) < 4.78 is 5.34. The van der Waals surface area contributed by atoms with Crippen LogP contribution >= 0.6 is 0 Å². The molecule has 0 radical (unpaired) electrons. The summed E-state index contributed by atoms with van der Waals surface area (Å²) in [5.74, 6) is 0.362. The Morgan fingerprint density at radius 2 is 1.80 bits per heavy atom. The van der Waals surface area contributed by atoms with E-state index < -0.39 is 6.04 Å². The number of nitrogens with one attached hydrogen (secondary N) is 2. The third-order valence-electron chi connectivity index (χ3n) is 4.28. The van der Waals surface area contributed by atoms with Gasteiger partial charge in [0.05, 0.1) is 24.0 Å². The van der Waals surface area contributed by atoms with Gasteiger partial charge >= 0.3 is 0 Å². The maximum absolute atomic E-state index is 12.7. The van der Waals surface area contributed by atoms with Gasteiger partial charge in [0.2, 0.25) is 5.91 Å². The lowest BCUT2D eigenvalue weighted by atomic mass is 10.1. The molecule has 1 fully saturated rings. The summed E-state index contributed by atoms with van der Waals surface area (Å²) in [6.07, 6.45) is 0.628. The summed E-state index contributed by atoms with van der Waals surface area (Å²) in [5.41, 5.74) is 1.90. The van der Waals surface area contributed by atoms with E-state index in [1.807, 2.05) is 36.4 Å². The Balaban J connectivity index is 1.81. The third kappa shape index (κ3) is 3.57. The molecule has 6 heteroatoms. The van der Waals surface area contributed by atoms with Crippen LogP contribution < -0.4 is 15.4 Å². The van der Waals surface area contributed by atoms with Gasteiger partial charge in [-0.05, 0) is 30.7 Å². The maximum atomic E-state index is 12.7. The third-order valence-corrected chi connectivity index (χ3v) is 4.28. The number of para-hydroxylation sites is 3. The first-order chi connectivity index (χ1) is 12.1. The molecule has 1 aliphatic heterocycles. The van der Waals surface area contributed by atoms with Gasteiger partial charge in [0, 0.05) is 13.6 Å². The molecule has 0 aromatic heterocycles. The minimum Gasteiger partial charge on any atom is -0.495 e. The van der Waals surface area contributed by atoms with Crippen molar-refractivity contribution in [2.45, 2.75) is 12.5 Å². The average molecular weight is 339 g/mol. The van der Waals surface area contributed by atoms with Crippen molar-refractivity contribution in [1.29, 1.82) is 0 Å². The van der Waals surface area contributed by atoms with Crippen molar-refractivity contribution in [3.05, 3.63) is 54.1 Å². The Morgan fingerprint density at radius 1 is 1.12 bits per heavy atom. The molecule has 130 valence electrons. The Kier molecular flexibility index (Phi) is 4.88. The fourth-order valence-electron chi connectivity index (χ4n) is 2.88. The van der Waals surface area contributed by atoms with E-state index in [2.05, 4.69) is 10.6 Å². The highest BCUT2D eigenvalue weighted by Gasteiger charge is 2.30. The van der Waals surface area contributed by atoms with Crippen LogP contribution in [0.4, 0.5) is 11.4 Å². The predicted octanol–water partition coefficient (Wildman–Crippen LogP) is 2.40. The molecule has 0 unspecified atom stereocenters. The number of methoxy groups -OCH3 is 1. The molecule has 2 N–H and O–H groups in total. The number of hydrogen-bond donors (Lipinski definition) is 2. The van der Waals surface area contributed by atoms with Crippen molar-refractivity contribution in [3.63, 3.8) is 0 Å². The first-order valence-corrected chi connectivity index (χ1v) is 8.15. The van der Waals surface area contributed by atoms with Gasteiger partial charge in [-0.15, -0.1) is 0 Å². The minimum atomic E-state index is -0.461. The molecule has 2 aromatic carbocycles. The van der Waals surface area contributed by atoms with E-state index in [0.717, 1.165) is 5.69 Å². The fraction of sp³-hybridized carbons (Fsp3) is 0.263. The van der Waals surface area contributed by atoms with Gasteiger partial charge in [0.15, 0.2) is 0 Å². The van der Waals surface area contributed by atoms with Gasteiger partial charge in [-0.2, -0.15) is 0 Å². The van der Waals surface area contributed by atoms with Crippen LogP contribution in [0.1, 0.15) is 16.8 Å². The number of likely N-dealkylation sites (N-methyl/N-ethyl adjacent to an activating group) is 1. The number of benzene rings is 2. The predicted molar refractivity (Wildman–Crippen MR) is 96.2 cm³/mol. The van der Waals surface area contributed by atoms with E-state index in [0.29, 0.717) is 30.0 Å². The second-order valence-electron chi connectivity index (χ2n) is 5.95. The molecule has 2 aromatic rings. The molecule has 0 spiro atoms. The van der Waals surface area contributed by atoms with Crippen LogP contribution in [0.15, 0.2) is 48.5 Å². The number of likely N-dealkylation sites (tertiary alicyclic amines) is 1. The maximum Gasteiger partial charge on any atom is 0.254 e. The van der Waals surface area contributed by atoms with Gasteiger partial charge < -0.3 is 20.3 Å². The van der Waals surface area contributed by atoms with E-state index in [9.17, 15) is 9.59 Å². The number of carbonyl (C=O) groups excluding carboxylic acids is 2. The van der Waals surface area contributed by atoms with Gasteiger partial charge in [0.1, 0.15) is 11.8 Å². The summed E-state index contributed by atoms with van der Waals surface area (Å²) in [4.78, 5) is 26.3. The first kappa shape index (κ1) is 16.8. The average Bonchev–Trinajstić information content (AvgIpc) is 2.94. The SMILES string of the molecule is COc1ccccc1Nc1ccccc1C(=O)N[C@H]1CCN(C)C1=O. The number of carbonyl (C=O) groups is 2. The van der Waals surface area contributed by atoms with Crippen molar-refractivity contribution in [2.24, 2.45) is 0 Å². The van der Waals surface area contributed by atoms with E-state index >= 15 is 0 Å². The molecule has 1 aliphatic rings. The zero-order valence-corrected chi connectivity index (χ0v) is 14.3. The van der Waals surface area contributed by atoms with Crippen molar-refractivity contribution < 1.29 is 14.3 Å². The molecule has 2 amide bonds. The smallest absolute Gasteiger partial charge is 0.254 e. The highest BCUT2D eigenvalue weighted by atomic mass is 16.5. The Bertz CT molecular complexity index is 791. The fourth-order valence-corrected chi connectivity index (χ4v) is 2.88. The van der Waals surface area contributed by atoms with Crippen LogP contribution in [0.2, 0.25) is 0 Å². The van der Waals surface area contributed by atoms with Gasteiger partial charge in [0.25, 0.3) is 5.91 Å². The van der Waals surface area contributed by atoms with Crippen molar-refractivity contribution in [2.75, 3.05) is 26.0 Å². The van der Waals surface area contributed by atoms with Gasteiger partial charge in [-0.3, -0.25) is 9.59 Å². The normalized spacial score (nSPS) is 16.6. The standard InChI is InChI=1S/C19H21N3O3/c1-22-12-11-16(19(22)24)21-18(23)13-7-3-4-8-14(13)20-15-9-5-6-10-17(15)25-2/h3-10,16,20H,11-12H2,1-2H3,(H,21,23)/t16-/m0/s1. The lowest BCUT2D eigenvalue weighted by molar-refractivity contribution is -0.128. The number of amides is 2. The van der Waals surface area contributed by atoms with Crippen molar-refractivity contribution in [1.82, 2.24) is 10.2 Å². The first-order valence-electron chi connectivity index (χ1n) is 8.15. The second kappa shape index (κ2) is 7.25. The summed E-state index contributed by atoms with van der Waals surface area (Å²) in [6.45, 7) is 0.658. The minimum absolute atomic E-state index is 0.0523. The van der Waals surface area contributed by atoms with Gasteiger partial charge in [-0.1, -0.05) is 24.3 Å². The molecule has 6 nitrogen and oxygen atoms in total. The number of ether oxygens (including phenoxy) is 1. The molecule has 3 rings (SSSR count). The lowest BCUT2D eigenvalue weighted by Crippen LogP contribution is -2.40. The molecule has 0 saturated carbocycles. The molecule has 0 bridgehead atoms. The highest BCUT2D eigenvalue weighted by Crippen LogP contribution is 2.28. The zero-order valence-electron chi connectivity index (χ0n) is 14.3. The Morgan fingerprint density at radius 3 is 2.48 bits per heavy atom. The highest BCUT2D eigenvalue weighted by molar-refractivity contribution is 6.02. The zero-order chi connectivity index (χ0) is 17.8. The van der Waals surface area contributed by atoms with Crippen molar-refractivity contribution >= 4 is 23.2 Å². The van der Waals surface area contributed by atoms with Crippen LogP contribution in [-0.4, -0.2) is 43.5 Å². The quantitative estimate of drug-likeness (QED) is 0.877. The summed E-state index contributed by atoms with van der Waals surface area (Å²) in [5, 5.41) is 6.07. The summed E-state index contributed by atoms with van der Waals surface area (Å²) >= 11 is 0. The lowest BCUT2D eigenvalue weighted by Gasteiger charge is -2.16. The van der Waals surface area contributed by atoms with Gasteiger partial charge in [-0.25, -0.2) is 0 Å².